The van der Waals surface area contributed by atoms with Crippen molar-refractivity contribution in [2.75, 3.05) is 20.3 Å². The third kappa shape index (κ3) is 8.07. The summed E-state index contributed by atoms with van der Waals surface area (Å²) in [6.07, 6.45) is 6.31. The number of amides is 1. The Kier molecular flexibility index (Phi) is 10.6. The number of nitrogens with zero attached hydrogens (tertiary/aromatic N) is 3. The largest absolute Gasteiger partial charge is 0.497 e. The summed E-state index contributed by atoms with van der Waals surface area (Å²) in [5.74, 6) is -0.197. The average Bonchev–Trinajstić information content (AvgIpc) is 3.51. The van der Waals surface area contributed by atoms with Gasteiger partial charge in [0.2, 0.25) is 0 Å². The molecule has 5 aromatic rings. The van der Waals surface area contributed by atoms with Crippen LogP contribution in [0.5, 0.6) is 5.75 Å². The van der Waals surface area contributed by atoms with Crippen molar-refractivity contribution in [1.29, 1.82) is 0 Å². The van der Waals surface area contributed by atoms with Crippen LogP contribution in [-0.2, 0) is 26.0 Å². The van der Waals surface area contributed by atoms with E-state index in [0.717, 1.165) is 46.6 Å². The highest BCUT2D eigenvalue weighted by molar-refractivity contribution is 7.90. The Balaban J connectivity index is 1.20. The maximum Gasteiger partial charge on any atom is 0.264 e. The number of carbonyl (C=O) groups excluding carboxylic acids is 1. The zero-order valence-electron chi connectivity index (χ0n) is 26.2. The molecule has 10 heteroatoms. The summed E-state index contributed by atoms with van der Waals surface area (Å²) >= 11 is 0. The number of carbonyl (C=O) groups is 1. The molecule has 46 heavy (non-hydrogen) atoms. The summed E-state index contributed by atoms with van der Waals surface area (Å²) in [6.45, 7) is 4.28. The molecular formula is C36H38N4O5S. The molecule has 0 aliphatic rings. The molecule has 0 saturated heterocycles. The minimum atomic E-state index is -3.98. The molecule has 0 aliphatic carbocycles. The van der Waals surface area contributed by atoms with E-state index in [1.165, 1.54) is 37.1 Å². The number of sulfonamides is 1. The summed E-state index contributed by atoms with van der Waals surface area (Å²) in [5.41, 5.74) is 6.67. The van der Waals surface area contributed by atoms with Crippen LogP contribution in [0, 0.1) is 0 Å². The standard InChI is InChI=1S/C36H38N4O5S/c1-26(2)40-24-29(33-23-37-35(27-12-6-4-7-13-27)36(38-33)28-14-8-5-9-15-28)22-30(40)16-10-11-21-45-25-34(41)39-46(42,43)32-19-17-31(44-3)18-20-32/h4-9,12-15,17-20,22-24,26H,10-11,16,21,25H2,1-3H3,(H,39,41). The fourth-order valence-corrected chi connectivity index (χ4v) is 6.12. The average molecular weight is 639 g/mol. The molecular weight excluding hydrogens is 600 g/mol. The molecule has 0 spiro atoms. The molecule has 0 fully saturated rings. The smallest absolute Gasteiger partial charge is 0.264 e. The van der Waals surface area contributed by atoms with E-state index in [0.29, 0.717) is 18.8 Å². The van der Waals surface area contributed by atoms with E-state index in [9.17, 15) is 13.2 Å². The van der Waals surface area contributed by atoms with Gasteiger partial charge in [-0.1, -0.05) is 60.7 Å². The predicted octanol–water partition coefficient (Wildman–Crippen LogP) is 6.71. The summed E-state index contributed by atoms with van der Waals surface area (Å²) in [5, 5.41) is 0. The molecule has 0 saturated carbocycles. The maximum absolute atomic E-state index is 12.5. The van der Waals surface area contributed by atoms with Gasteiger partial charge >= 0.3 is 0 Å². The van der Waals surface area contributed by atoms with Gasteiger partial charge in [-0.25, -0.2) is 18.1 Å². The normalized spacial score (nSPS) is 11.5. The van der Waals surface area contributed by atoms with Crippen molar-refractivity contribution < 1.29 is 22.7 Å². The quantitative estimate of drug-likeness (QED) is 0.135. The van der Waals surface area contributed by atoms with Gasteiger partial charge in [-0.3, -0.25) is 9.78 Å². The van der Waals surface area contributed by atoms with Crippen LogP contribution in [0.2, 0.25) is 0 Å². The van der Waals surface area contributed by atoms with E-state index in [2.05, 4.69) is 42.8 Å². The Morgan fingerprint density at radius 2 is 1.52 bits per heavy atom. The molecule has 9 nitrogen and oxygen atoms in total. The summed E-state index contributed by atoms with van der Waals surface area (Å²) in [6, 6.07) is 28.4. The Morgan fingerprint density at radius 3 is 2.15 bits per heavy atom. The van der Waals surface area contributed by atoms with E-state index < -0.39 is 15.9 Å². The number of unbranched alkanes of at least 4 members (excludes halogenated alkanes) is 1. The minimum absolute atomic E-state index is 0.0245. The van der Waals surface area contributed by atoms with Crippen LogP contribution in [0.4, 0.5) is 0 Å². The molecule has 0 aliphatic heterocycles. The second-order valence-corrected chi connectivity index (χ2v) is 12.8. The Hall–Kier alpha value is -4.80. The van der Waals surface area contributed by atoms with Gasteiger partial charge in [-0.05, 0) is 63.4 Å². The first-order valence-corrected chi connectivity index (χ1v) is 16.7. The maximum atomic E-state index is 12.5. The van der Waals surface area contributed by atoms with Gasteiger partial charge in [-0.2, -0.15) is 0 Å². The first kappa shape index (κ1) is 32.6. The zero-order chi connectivity index (χ0) is 32.5. The highest BCUT2D eigenvalue weighted by Crippen LogP contribution is 2.32. The molecule has 3 aromatic carbocycles. The monoisotopic (exact) mass is 638 g/mol. The predicted molar refractivity (Wildman–Crippen MR) is 179 cm³/mol. The first-order chi connectivity index (χ1) is 22.2. The molecule has 2 aromatic heterocycles. The third-order valence-corrected chi connectivity index (χ3v) is 8.86. The fraction of sp³-hybridized carbons (Fsp3) is 0.250. The van der Waals surface area contributed by atoms with Crippen LogP contribution >= 0.6 is 0 Å². The molecule has 2 heterocycles. The lowest BCUT2D eigenvalue weighted by molar-refractivity contribution is -0.123. The van der Waals surface area contributed by atoms with Crippen LogP contribution < -0.4 is 9.46 Å². The summed E-state index contributed by atoms with van der Waals surface area (Å²) in [7, 11) is -2.49. The van der Waals surface area contributed by atoms with Gasteiger partial charge in [0.05, 0.1) is 35.3 Å². The number of hydrogen-bond acceptors (Lipinski definition) is 7. The lowest BCUT2D eigenvalue weighted by atomic mass is 10.0. The SMILES string of the molecule is COc1ccc(S(=O)(=O)NC(=O)COCCCCc2cc(-c3cnc(-c4ccccc4)c(-c4ccccc4)n3)cn2C(C)C)cc1. The van der Waals surface area contributed by atoms with Crippen molar-refractivity contribution in [2.45, 2.75) is 44.0 Å². The fourth-order valence-electron chi connectivity index (χ4n) is 5.15. The second kappa shape index (κ2) is 15.0. The van der Waals surface area contributed by atoms with Crippen molar-refractivity contribution >= 4 is 15.9 Å². The van der Waals surface area contributed by atoms with Gasteiger partial charge in [0, 0.05) is 41.2 Å². The summed E-state index contributed by atoms with van der Waals surface area (Å²) < 4.78 is 39.7. The number of benzene rings is 3. The summed E-state index contributed by atoms with van der Waals surface area (Å²) in [4.78, 5) is 22.2. The van der Waals surface area contributed by atoms with Gasteiger partial charge in [0.1, 0.15) is 12.4 Å². The minimum Gasteiger partial charge on any atom is -0.497 e. The van der Waals surface area contributed by atoms with Gasteiger partial charge in [0.15, 0.2) is 0 Å². The van der Waals surface area contributed by atoms with E-state index in [4.69, 9.17) is 19.4 Å². The molecule has 0 radical (unpaired) electrons. The number of methoxy groups -OCH3 is 1. The molecule has 0 unspecified atom stereocenters. The van der Waals surface area contributed by atoms with Gasteiger partial charge < -0.3 is 14.0 Å². The first-order valence-electron chi connectivity index (χ1n) is 15.2. The highest BCUT2D eigenvalue weighted by Gasteiger charge is 2.18. The number of aromatic nitrogens is 3. The van der Waals surface area contributed by atoms with E-state index in [1.807, 2.05) is 59.4 Å². The second-order valence-electron chi connectivity index (χ2n) is 11.1. The van der Waals surface area contributed by atoms with Crippen molar-refractivity contribution in [3.05, 3.63) is 109 Å². The van der Waals surface area contributed by atoms with E-state index >= 15 is 0 Å². The Morgan fingerprint density at radius 1 is 0.870 bits per heavy atom. The number of rotatable bonds is 14. The van der Waals surface area contributed by atoms with E-state index in [1.54, 1.807) is 0 Å². The molecule has 238 valence electrons. The van der Waals surface area contributed by atoms with Crippen molar-refractivity contribution in [3.63, 3.8) is 0 Å². The molecule has 1 N–H and O–H groups in total. The van der Waals surface area contributed by atoms with Gasteiger partial charge in [-0.15, -0.1) is 0 Å². The lowest BCUT2D eigenvalue weighted by Gasteiger charge is -2.13. The van der Waals surface area contributed by atoms with Crippen LogP contribution in [-0.4, -0.2) is 49.2 Å². The topological polar surface area (TPSA) is 112 Å². The van der Waals surface area contributed by atoms with Gasteiger partial charge in [0.25, 0.3) is 15.9 Å². The molecule has 0 atom stereocenters. The van der Waals surface area contributed by atoms with Crippen molar-refractivity contribution in [1.82, 2.24) is 19.3 Å². The van der Waals surface area contributed by atoms with E-state index in [-0.39, 0.29) is 17.5 Å². The number of hydrogen-bond donors (Lipinski definition) is 1. The van der Waals surface area contributed by atoms with Crippen molar-refractivity contribution in [3.8, 4) is 39.5 Å². The van der Waals surface area contributed by atoms with Crippen LogP contribution in [0.15, 0.2) is 108 Å². The molecule has 0 bridgehead atoms. The number of nitrogens with one attached hydrogen (secondary N) is 1. The Labute approximate surface area is 270 Å². The third-order valence-electron chi connectivity index (χ3n) is 7.47. The van der Waals surface area contributed by atoms with Crippen molar-refractivity contribution in [2.24, 2.45) is 0 Å². The molecule has 1 amide bonds. The lowest BCUT2D eigenvalue weighted by Crippen LogP contribution is -2.33. The van der Waals surface area contributed by atoms with Crippen LogP contribution in [0.1, 0.15) is 38.4 Å². The zero-order valence-corrected chi connectivity index (χ0v) is 27.0. The number of ether oxygens (including phenoxy) is 2. The Bertz CT molecular complexity index is 1860. The van der Waals surface area contributed by atoms with Crippen LogP contribution in [0.25, 0.3) is 33.8 Å². The van der Waals surface area contributed by atoms with Crippen LogP contribution in [0.3, 0.4) is 0 Å². The highest BCUT2D eigenvalue weighted by atomic mass is 32.2. The molecule has 5 rings (SSSR count). The number of aryl methyl sites for hydroxylation is 1.